The molecule has 2 rings (SSSR count). The van der Waals surface area contributed by atoms with Gasteiger partial charge in [-0.15, -0.1) is 16.8 Å². The average Bonchev–Trinajstić information content (AvgIpc) is 2.68. The lowest BCUT2D eigenvalue weighted by Crippen LogP contribution is -2.00. The van der Waals surface area contributed by atoms with E-state index in [2.05, 4.69) is 53.4 Å². The molecular weight excluding hydrogens is 254 g/mol. The minimum Gasteiger partial charge on any atom is -0.302 e. The van der Waals surface area contributed by atoms with Crippen LogP contribution in [0.25, 0.3) is 0 Å². The predicted molar refractivity (Wildman–Crippen MR) is 80.4 cm³/mol. The SMILES string of the molecule is C=CCn1c(C)nnc1SCc1cc(C)cc(C)c1. The molecule has 0 aliphatic carbocycles. The van der Waals surface area contributed by atoms with Crippen molar-refractivity contribution in [3.8, 4) is 0 Å². The van der Waals surface area contributed by atoms with Gasteiger partial charge in [0.1, 0.15) is 5.82 Å². The van der Waals surface area contributed by atoms with E-state index in [1.165, 1.54) is 16.7 Å². The monoisotopic (exact) mass is 273 g/mol. The fraction of sp³-hybridized carbons (Fsp3) is 0.333. The van der Waals surface area contributed by atoms with Crippen LogP contribution in [0.3, 0.4) is 0 Å². The maximum Gasteiger partial charge on any atom is 0.191 e. The first-order chi connectivity index (χ1) is 9.10. The van der Waals surface area contributed by atoms with Gasteiger partial charge in [0.2, 0.25) is 0 Å². The molecule has 0 spiro atoms. The van der Waals surface area contributed by atoms with Gasteiger partial charge in [-0.25, -0.2) is 0 Å². The van der Waals surface area contributed by atoms with Crippen LogP contribution in [0.2, 0.25) is 0 Å². The van der Waals surface area contributed by atoms with Crippen LogP contribution < -0.4 is 0 Å². The molecule has 19 heavy (non-hydrogen) atoms. The Morgan fingerprint density at radius 1 is 1.16 bits per heavy atom. The number of benzene rings is 1. The number of allylic oxidation sites excluding steroid dienone is 1. The predicted octanol–water partition coefficient (Wildman–Crippen LogP) is 3.68. The van der Waals surface area contributed by atoms with Crippen molar-refractivity contribution in [3.63, 3.8) is 0 Å². The molecule has 1 aromatic heterocycles. The summed E-state index contributed by atoms with van der Waals surface area (Å²) >= 11 is 1.72. The van der Waals surface area contributed by atoms with Crippen LogP contribution in [-0.4, -0.2) is 14.8 Å². The van der Waals surface area contributed by atoms with Gasteiger partial charge in [-0.3, -0.25) is 0 Å². The van der Waals surface area contributed by atoms with Crippen molar-refractivity contribution < 1.29 is 0 Å². The Labute approximate surface area is 118 Å². The summed E-state index contributed by atoms with van der Waals surface area (Å²) in [7, 11) is 0. The van der Waals surface area contributed by atoms with Crippen molar-refractivity contribution in [1.29, 1.82) is 0 Å². The second-order valence-electron chi connectivity index (χ2n) is 4.71. The second kappa shape index (κ2) is 6.06. The number of nitrogens with zero attached hydrogens (tertiary/aromatic N) is 3. The van der Waals surface area contributed by atoms with E-state index in [4.69, 9.17) is 0 Å². The summed E-state index contributed by atoms with van der Waals surface area (Å²) < 4.78 is 2.08. The maximum absolute atomic E-state index is 4.22. The van der Waals surface area contributed by atoms with Crippen LogP contribution in [0.1, 0.15) is 22.5 Å². The van der Waals surface area contributed by atoms with Gasteiger partial charge in [-0.05, 0) is 26.3 Å². The molecule has 0 atom stereocenters. The molecule has 0 saturated heterocycles. The zero-order chi connectivity index (χ0) is 13.8. The first-order valence-electron chi connectivity index (χ1n) is 6.31. The maximum atomic E-state index is 4.22. The number of hydrogen-bond acceptors (Lipinski definition) is 3. The number of aromatic nitrogens is 3. The van der Waals surface area contributed by atoms with E-state index in [1.807, 2.05) is 13.0 Å². The lowest BCUT2D eigenvalue weighted by atomic mass is 10.1. The van der Waals surface area contributed by atoms with Gasteiger partial charge in [0.25, 0.3) is 0 Å². The molecule has 0 radical (unpaired) electrons. The first kappa shape index (κ1) is 13.9. The van der Waals surface area contributed by atoms with Gasteiger partial charge in [0.05, 0.1) is 0 Å². The van der Waals surface area contributed by atoms with Crippen molar-refractivity contribution >= 4 is 11.8 Å². The molecule has 0 fully saturated rings. The average molecular weight is 273 g/mol. The van der Waals surface area contributed by atoms with Crippen molar-refractivity contribution in [1.82, 2.24) is 14.8 Å². The van der Waals surface area contributed by atoms with Gasteiger partial charge in [-0.1, -0.05) is 47.2 Å². The molecule has 0 amide bonds. The fourth-order valence-corrected chi connectivity index (χ4v) is 3.03. The normalized spacial score (nSPS) is 10.7. The minimum atomic E-state index is 0.758. The molecule has 0 aliphatic heterocycles. The molecule has 3 nitrogen and oxygen atoms in total. The second-order valence-corrected chi connectivity index (χ2v) is 5.66. The molecule has 1 heterocycles. The third-order valence-electron chi connectivity index (χ3n) is 2.86. The summed E-state index contributed by atoms with van der Waals surface area (Å²) in [6, 6.07) is 6.64. The number of thioether (sulfide) groups is 1. The fourth-order valence-electron chi connectivity index (χ4n) is 2.11. The summed E-state index contributed by atoms with van der Waals surface area (Å²) in [5, 5.41) is 9.30. The van der Waals surface area contributed by atoms with Gasteiger partial charge in [0.15, 0.2) is 5.16 Å². The molecule has 2 aromatic rings. The highest BCUT2D eigenvalue weighted by Crippen LogP contribution is 2.23. The van der Waals surface area contributed by atoms with Crippen LogP contribution in [0.5, 0.6) is 0 Å². The third-order valence-corrected chi connectivity index (χ3v) is 3.90. The largest absolute Gasteiger partial charge is 0.302 e. The van der Waals surface area contributed by atoms with Crippen LogP contribution in [0, 0.1) is 20.8 Å². The number of hydrogen-bond donors (Lipinski definition) is 0. The lowest BCUT2D eigenvalue weighted by Gasteiger charge is -2.06. The molecule has 0 N–H and O–H groups in total. The van der Waals surface area contributed by atoms with E-state index < -0.39 is 0 Å². The summed E-state index contributed by atoms with van der Waals surface area (Å²) in [6.07, 6.45) is 1.87. The van der Waals surface area contributed by atoms with Gasteiger partial charge in [-0.2, -0.15) is 0 Å². The van der Waals surface area contributed by atoms with Gasteiger partial charge in [0, 0.05) is 12.3 Å². The Balaban J connectivity index is 2.12. The van der Waals surface area contributed by atoms with Crippen LogP contribution in [0.15, 0.2) is 36.0 Å². The summed E-state index contributed by atoms with van der Waals surface area (Å²) in [5.41, 5.74) is 3.94. The molecule has 4 heteroatoms. The highest BCUT2D eigenvalue weighted by atomic mass is 32.2. The summed E-state index contributed by atoms with van der Waals surface area (Å²) in [4.78, 5) is 0. The van der Waals surface area contributed by atoms with E-state index in [9.17, 15) is 0 Å². The van der Waals surface area contributed by atoms with Crippen molar-refractivity contribution in [2.75, 3.05) is 0 Å². The van der Waals surface area contributed by atoms with Crippen molar-refractivity contribution in [2.45, 2.75) is 38.2 Å². The molecule has 0 aliphatic rings. The highest BCUT2D eigenvalue weighted by Gasteiger charge is 2.08. The highest BCUT2D eigenvalue weighted by molar-refractivity contribution is 7.98. The van der Waals surface area contributed by atoms with Crippen LogP contribution >= 0.6 is 11.8 Å². The number of aryl methyl sites for hydroxylation is 3. The van der Waals surface area contributed by atoms with Gasteiger partial charge < -0.3 is 4.57 Å². The summed E-state index contributed by atoms with van der Waals surface area (Å²) in [5.74, 6) is 1.85. The van der Waals surface area contributed by atoms with E-state index in [0.29, 0.717) is 0 Å². The van der Waals surface area contributed by atoms with E-state index in [1.54, 1.807) is 11.8 Å². The molecule has 100 valence electrons. The standard InChI is InChI=1S/C15H19N3S/c1-5-6-18-13(4)16-17-15(18)19-10-14-8-11(2)7-12(3)9-14/h5,7-9H,1,6,10H2,2-4H3. The molecule has 1 aromatic carbocycles. The Bertz CT molecular complexity index is 567. The van der Waals surface area contributed by atoms with Crippen LogP contribution in [0.4, 0.5) is 0 Å². The molecule has 0 unspecified atom stereocenters. The quantitative estimate of drug-likeness (QED) is 0.615. The Morgan fingerprint density at radius 3 is 2.47 bits per heavy atom. The smallest absolute Gasteiger partial charge is 0.191 e. The first-order valence-corrected chi connectivity index (χ1v) is 7.29. The third kappa shape index (κ3) is 3.47. The zero-order valence-corrected chi connectivity index (χ0v) is 12.5. The number of rotatable bonds is 5. The Kier molecular flexibility index (Phi) is 4.43. The van der Waals surface area contributed by atoms with Gasteiger partial charge >= 0.3 is 0 Å². The van der Waals surface area contributed by atoms with E-state index >= 15 is 0 Å². The van der Waals surface area contributed by atoms with E-state index in [0.717, 1.165) is 23.3 Å². The van der Waals surface area contributed by atoms with E-state index in [-0.39, 0.29) is 0 Å². The van der Waals surface area contributed by atoms with Crippen LogP contribution in [-0.2, 0) is 12.3 Å². The zero-order valence-electron chi connectivity index (χ0n) is 11.7. The van der Waals surface area contributed by atoms with Crippen molar-refractivity contribution in [3.05, 3.63) is 53.4 Å². The molecule has 0 bridgehead atoms. The Hall–Kier alpha value is -1.55. The Morgan fingerprint density at radius 2 is 1.84 bits per heavy atom. The minimum absolute atomic E-state index is 0.758. The topological polar surface area (TPSA) is 30.7 Å². The lowest BCUT2D eigenvalue weighted by molar-refractivity contribution is 0.703. The molecule has 0 saturated carbocycles. The summed E-state index contributed by atoms with van der Waals surface area (Å²) in [6.45, 7) is 10.8. The van der Waals surface area contributed by atoms with Crippen molar-refractivity contribution in [2.24, 2.45) is 0 Å². The molecular formula is C15H19N3S.